The van der Waals surface area contributed by atoms with Crippen molar-refractivity contribution in [1.29, 1.82) is 0 Å². The van der Waals surface area contributed by atoms with E-state index in [9.17, 15) is 5.11 Å². The lowest BCUT2D eigenvalue weighted by molar-refractivity contribution is 0.192. The number of aliphatic hydroxyl groups is 1. The number of nitrogens with one attached hydrogen (secondary N) is 1. The van der Waals surface area contributed by atoms with Gasteiger partial charge in [0, 0.05) is 13.1 Å². The summed E-state index contributed by atoms with van der Waals surface area (Å²) in [5, 5.41) is 20.8. The van der Waals surface area contributed by atoms with Gasteiger partial charge in [-0.2, -0.15) is 0 Å². The fourth-order valence-corrected chi connectivity index (χ4v) is 1.96. The maximum atomic E-state index is 9.41. The van der Waals surface area contributed by atoms with Gasteiger partial charge in [-0.3, -0.25) is 0 Å². The first kappa shape index (κ1) is 9.61. The molecule has 2 N–H and O–H groups in total. The molecule has 0 saturated carbocycles. The Morgan fingerprint density at radius 1 is 1.57 bits per heavy atom. The number of aromatic nitrogens is 3. The number of β-amino-alcohol motifs (C(OH)–C–C–N with tert-alkyl or cyclic N) is 1. The number of rotatable bonds is 2. The molecule has 1 saturated heterocycles. The first-order chi connectivity index (χ1) is 6.72. The average molecular weight is 196 g/mol. The van der Waals surface area contributed by atoms with Crippen LogP contribution in [0.15, 0.2) is 0 Å². The van der Waals surface area contributed by atoms with Crippen molar-refractivity contribution < 1.29 is 5.11 Å². The van der Waals surface area contributed by atoms with E-state index in [4.69, 9.17) is 0 Å². The SMILES string of the molecule is CCn1c(C)nnc1[C@@H]1C[C@H](O)CN1. The Hall–Kier alpha value is -0.940. The molecule has 1 aromatic rings. The van der Waals surface area contributed by atoms with Gasteiger partial charge in [-0.05, 0) is 20.3 Å². The van der Waals surface area contributed by atoms with Crippen LogP contribution in [0, 0.1) is 6.92 Å². The highest BCUT2D eigenvalue weighted by atomic mass is 16.3. The molecule has 2 heterocycles. The van der Waals surface area contributed by atoms with Gasteiger partial charge in [-0.15, -0.1) is 10.2 Å². The summed E-state index contributed by atoms with van der Waals surface area (Å²) in [4.78, 5) is 0. The Balaban J connectivity index is 2.23. The molecule has 1 fully saturated rings. The van der Waals surface area contributed by atoms with E-state index >= 15 is 0 Å². The fourth-order valence-electron chi connectivity index (χ4n) is 1.96. The number of hydrogen-bond donors (Lipinski definition) is 2. The Morgan fingerprint density at radius 3 is 2.93 bits per heavy atom. The summed E-state index contributed by atoms with van der Waals surface area (Å²) in [5.41, 5.74) is 0. The Labute approximate surface area is 83.2 Å². The van der Waals surface area contributed by atoms with Crippen molar-refractivity contribution in [1.82, 2.24) is 20.1 Å². The maximum Gasteiger partial charge on any atom is 0.150 e. The highest BCUT2D eigenvalue weighted by Gasteiger charge is 2.27. The van der Waals surface area contributed by atoms with Crippen molar-refractivity contribution in [3.63, 3.8) is 0 Å². The van der Waals surface area contributed by atoms with E-state index in [1.165, 1.54) is 0 Å². The molecule has 1 aliphatic heterocycles. The van der Waals surface area contributed by atoms with Gasteiger partial charge in [-0.25, -0.2) is 0 Å². The third-order valence-electron chi connectivity index (χ3n) is 2.70. The summed E-state index contributed by atoms with van der Waals surface area (Å²) in [6.07, 6.45) is 0.486. The summed E-state index contributed by atoms with van der Waals surface area (Å²) >= 11 is 0. The second-order valence-corrected chi connectivity index (χ2v) is 3.70. The van der Waals surface area contributed by atoms with Gasteiger partial charge in [0.2, 0.25) is 0 Å². The van der Waals surface area contributed by atoms with Gasteiger partial charge >= 0.3 is 0 Å². The van der Waals surface area contributed by atoms with Crippen LogP contribution in [0.1, 0.15) is 31.0 Å². The van der Waals surface area contributed by atoms with Gasteiger partial charge in [0.25, 0.3) is 0 Å². The standard InChI is InChI=1S/C9H16N4O/c1-3-13-6(2)11-12-9(13)8-4-7(14)5-10-8/h7-8,10,14H,3-5H2,1-2H3/t7-,8-/m0/s1. The lowest BCUT2D eigenvalue weighted by Gasteiger charge is -2.11. The summed E-state index contributed by atoms with van der Waals surface area (Å²) in [6, 6.07) is 0.158. The molecule has 0 amide bonds. The molecule has 0 bridgehead atoms. The van der Waals surface area contributed by atoms with E-state index in [2.05, 4.69) is 27.0 Å². The zero-order valence-electron chi connectivity index (χ0n) is 8.56. The quantitative estimate of drug-likeness (QED) is 0.699. The lowest BCUT2D eigenvalue weighted by atomic mass is 10.2. The summed E-state index contributed by atoms with van der Waals surface area (Å²) in [7, 11) is 0. The van der Waals surface area contributed by atoms with E-state index in [0.29, 0.717) is 6.54 Å². The Bertz CT molecular complexity index is 323. The van der Waals surface area contributed by atoms with Crippen LogP contribution < -0.4 is 5.32 Å². The molecule has 0 unspecified atom stereocenters. The number of nitrogens with zero attached hydrogens (tertiary/aromatic N) is 3. The van der Waals surface area contributed by atoms with E-state index in [1.54, 1.807) is 0 Å². The second-order valence-electron chi connectivity index (χ2n) is 3.70. The molecule has 14 heavy (non-hydrogen) atoms. The first-order valence-corrected chi connectivity index (χ1v) is 5.03. The van der Waals surface area contributed by atoms with E-state index in [-0.39, 0.29) is 12.1 Å². The smallest absolute Gasteiger partial charge is 0.150 e. The van der Waals surface area contributed by atoms with Crippen molar-refractivity contribution in [2.24, 2.45) is 0 Å². The number of aliphatic hydroxyl groups excluding tert-OH is 1. The summed E-state index contributed by atoms with van der Waals surface area (Å²) in [5.74, 6) is 1.88. The van der Waals surface area contributed by atoms with Crippen molar-refractivity contribution in [3.05, 3.63) is 11.6 Å². The molecule has 0 spiro atoms. The van der Waals surface area contributed by atoms with Crippen LogP contribution in [0.25, 0.3) is 0 Å². The molecule has 0 radical (unpaired) electrons. The summed E-state index contributed by atoms with van der Waals surface area (Å²) < 4.78 is 2.08. The summed E-state index contributed by atoms with van der Waals surface area (Å²) in [6.45, 7) is 5.55. The molecule has 5 nitrogen and oxygen atoms in total. The molecule has 78 valence electrons. The van der Waals surface area contributed by atoms with Gasteiger partial charge in [0.15, 0.2) is 0 Å². The normalized spacial score (nSPS) is 27.1. The van der Waals surface area contributed by atoms with Gasteiger partial charge < -0.3 is 15.0 Å². The van der Waals surface area contributed by atoms with Gasteiger partial charge in [0.05, 0.1) is 12.1 Å². The molecule has 0 aliphatic carbocycles. The van der Waals surface area contributed by atoms with Crippen LogP contribution >= 0.6 is 0 Å². The molecule has 5 heteroatoms. The van der Waals surface area contributed by atoms with Crippen LogP contribution in [-0.4, -0.2) is 32.5 Å². The highest BCUT2D eigenvalue weighted by molar-refractivity contribution is 5.03. The third-order valence-corrected chi connectivity index (χ3v) is 2.70. The van der Waals surface area contributed by atoms with E-state index in [1.807, 2.05) is 6.92 Å². The monoisotopic (exact) mass is 196 g/mol. The Morgan fingerprint density at radius 2 is 2.36 bits per heavy atom. The molecule has 1 aromatic heterocycles. The van der Waals surface area contributed by atoms with E-state index in [0.717, 1.165) is 24.6 Å². The Kier molecular flexibility index (Phi) is 2.52. The molecule has 2 rings (SSSR count). The van der Waals surface area contributed by atoms with Gasteiger partial charge in [0.1, 0.15) is 11.6 Å². The topological polar surface area (TPSA) is 63.0 Å². The van der Waals surface area contributed by atoms with Gasteiger partial charge in [-0.1, -0.05) is 0 Å². The lowest BCUT2D eigenvalue weighted by Crippen LogP contribution is -2.18. The van der Waals surface area contributed by atoms with Crippen molar-refractivity contribution in [2.75, 3.05) is 6.54 Å². The van der Waals surface area contributed by atoms with Crippen molar-refractivity contribution in [2.45, 2.75) is 39.0 Å². The number of aryl methyl sites for hydroxylation is 1. The zero-order chi connectivity index (χ0) is 10.1. The molecule has 2 atom stereocenters. The van der Waals surface area contributed by atoms with Crippen LogP contribution in [0.5, 0.6) is 0 Å². The fraction of sp³-hybridized carbons (Fsp3) is 0.778. The highest BCUT2D eigenvalue weighted by Crippen LogP contribution is 2.22. The molecular weight excluding hydrogens is 180 g/mol. The maximum absolute atomic E-state index is 9.41. The van der Waals surface area contributed by atoms with Crippen molar-refractivity contribution in [3.8, 4) is 0 Å². The molecular formula is C9H16N4O. The predicted octanol–water partition coefficient (Wildman–Crippen LogP) is 0.00172. The second kappa shape index (κ2) is 3.67. The molecule has 0 aromatic carbocycles. The van der Waals surface area contributed by atoms with Crippen LogP contribution in [0.3, 0.4) is 0 Å². The third kappa shape index (κ3) is 1.53. The minimum absolute atomic E-state index is 0.158. The van der Waals surface area contributed by atoms with Crippen LogP contribution in [0.4, 0.5) is 0 Å². The zero-order valence-corrected chi connectivity index (χ0v) is 8.56. The van der Waals surface area contributed by atoms with Crippen LogP contribution in [0.2, 0.25) is 0 Å². The largest absolute Gasteiger partial charge is 0.392 e. The molecule has 1 aliphatic rings. The van der Waals surface area contributed by atoms with Crippen molar-refractivity contribution >= 4 is 0 Å². The predicted molar refractivity (Wildman–Crippen MR) is 51.8 cm³/mol. The van der Waals surface area contributed by atoms with Crippen LogP contribution in [-0.2, 0) is 6.54 Å². The average Bonchev–Trinajstić information content (AvgIpc) is 2.71. The first-order valence-electron chi connectivity index (χ1n) is 5.03. The van der Waals surface area contributed by atoms with E-state index < -0.39 is 0 Å². The minimum Gasteiger partial charge on any atom is -0.392 e. The number of hydrogen-bond acceptors (Lipinski definition) is 4. The minimum atomic E-state index is -0.248.